The van der Waals surface area contributed by atoms with Crippen LogP contribution >= 0.6 is 0 Å². The summed E-state index contributed by atoms with van der Waals surface area (Å²) >= 11 is 0. The van der Waals surface area contributed by atoms with Gasteiger partial charge in [0, 0.05) is 6.54 Å². The van der Waals surface area contributed by atoms with Crippen molar-refractivity contribution in [3.05, 3.63) is 35.4 Å². The maximum absolute atomic E-state index is 5.31. The predicted molar refractivity (Wildman–Crippen MR) is 72.2 cm³/mol. The molecule has 0 aliphatic heterocycles. The molecule has 0 unspecified atom stereocenters. The van der Waals surface area contributed by atoms with E-state index in [0.717, 1.165) is 18.8 Å². The summed E-state index contributed by atoms with van der Waals surface area (Å²) in [6, 6.07) is 6.41. The molecule has 1 aromatic carbocycles. The van der Waals surface area contributed by atoms with Crippen LogP contribution in [0.1, 0.15) is 37.3 Å². The average Bonchev–Trinajstić information content (AvgIpc) is 2.89. The Morgan fingerprint density at radius 3 is 2.88 bits per heavy atom. The third kappa shape index (κ3) is 2.89. The highest BCUT2D eigenvalue weighted by Gasteiger charge is 2.12. The minimum Gasteiger partial charge on any atom is -0.497 e. The second-order valence-corrected chi connectivity index (χ2v) is 4.42. The third-order valence-electron chi connectivity index (χ3n) is 3.26. The van der Waals surface area contributed by atoms with E-state index in [1.54, 1.807) is 7.11 Å². The van der Waals surface area contributed by atoms with Crippen LogP contribution in [0.25, 0.3) is 5.57 Å². The zero-order valence-electron chi connectivity index (χ0n) is 10.8. The highest BCUT2D eigenvalue weighted by Crippen LogP contribution is 2.31. The lowest BCUT2D eigenvalue weighted by Crippen LogP contribution is -2.13. The molecule has 0 atom stereocenters. The Labute approximate surface area is 104 Å². The number of nitrogens with one attached hydrogen (secondary N) is 1. The van der Waals surface area contributed by atoms with E-state index < -0.39 is 0 Å². The van der Waals surface area contributed by atoms with Gasteiger partial charge in [0.05, 0.1) is 7.11 Å². The quantitative estimate of drug-likeness (QED) is 0.839. The molecule has 0 amide bonds. The number of hydrogen-bond acceptors (Lipinski definition) is 2. The summed E-state index contributed by atoms with van der Waals surface area (Å²) in [5.74, 6) is 0.945. The Morgan fingerprint density at radius 2 is 2.24 bits per heavy atom. The standard InChI is InChI=1S/C15H21NO/c1-3-16-11-13-10-14(17-2)8-9-15(13)12-6-4-5-7-12/h6,8-10,16H,3-5,7,11H2,1-2H3. The highest BCUT2D eigenvalue weighted by molar-refractivity contribution is 5.70. The van der Waals surface area contributed by atoms with Crippen molar-refractivity contribution >= 4 is 5.57 Å². The molecule has 2 rings (SSSR count). The van der Waals surface area contributed by atoms with E-state index in [4.69, 9.17) is 4.74 Å². The molecule has 0 radical (unpaired) electrons. The summed E-state index contributed by atoms with van der Waals surface area (Å²) in [6.45, 7) is 4.05. The molecular formula is C15H21NO. The molecule has 2 nitrogen and oxygen atoms in total. The lowest BCUT2D eigenvalue weighted by atomic mass is 9.98. The van der Waals surface area contributed by atoms with Crippen LogP contribution < -0.4 is 10.1 Å². The number of ether oxygens (including phenoxy) is 1. The van der Waals surface area contributed by atoms with Crippen LogP contribution in [0.2, 0.25) is 0 Å². The van der Waals surface area contributed by atoms with Crippen molar-refractivity contribution in [3.63, 3.8) is 0 Å². The topological polar surface area (TPSA) is 21.3 Å². The van der Waals surface area contributed by atoms with E-state index in [9.17, 15) is 0 Å². The Hall–Kier alpha value is -1.28. The molecule has 1 aliphatic rings. The van der Waals surface area contributed by atoms with Crippen LogP contribution in [0.4, 0.5) is 0 Å². The highest BCUT2D eigenvalue weighted by atomic mass is 16.5. The van der Waals surface area contributed by atoms with E-state index in [1.165, 1.54) is 36.0 Å². The van der Waals surface area contributed by atoms with Gasteiger partial charge in [-0.3, -0.25) is 0 Å². The SMILES string of the molecule is CCNCc1cc(OC)ccc1C1=CCCC1. The molecule has 0 saturated carbocycles. The van der Waals surface area contributed by atoms with E-state index in [1.807, 2.05) is 0 Å². The monoisotopic (exact) mass is 231 g/mol. The second kappa shape index (κ2) is 5.87. The Bertz CT molecular complexity index is 409. The van der Waals surface area contributed by atoms with Gasteiger partial charge in [-0.25, -0.2) is 0 Å². The van der Waals surface area contributed by atoms with Gasteiger partial charge in [-0.2, -0.15) is 0 Å². The summed E-state index contributed by atoms with van der Waals surface area (Å²) in [4.78, 5) is 0. The average molecular weight is 231 g/mol. The van der Waals surface area contributed by atoms with Crippen molar-refractivity contribution in [2.45, 2.75) is 32.7 Å². The largest absolute Gasteiger partial charge is 0.497 e. The lowest BCUT2D eigenvalue weighted by molar-refractivity contribution is 0.414. The predicted octanol–water partition coefficient (Wildman–Crippen LogP) is 3.37. The molecule has 0 bridgehead atoms. The minimum absolute atomic E-state index is 0.917. The summed E-state index contributed by atoms with van der Waals surface area (Å²) in [6.07, 6.45) is 6.10. The van der Waals surface area contributed by atoms with Gasteiger partial charge in [0.2, 0.25) is 0 Å². The Kier molecular flexibility index (Phi) is 4.21. The van der Waals surface area contributed by atoms with Crippen LogP contribution in [0, 0.1) is 0 Å². The van der Waals surface area contributed by atoms with Crippen molar-refractivity contribution in [2.75, 3.05) is 13.7 Å². The second-order valence-electron chi connectivity index (χ2n) is 4.42. The van der Waals surface area contributed by atoms with E-state index >= 15 is 0 Å². The maximum atomic E-state index is 5.31. The zero-order chi connectivity index (χ0) is 12.1. The number of methoxy groups -OCH3 is 1. The Morgan fingerprint density at radius 1 is 1.35 bits per heavy atom. The summed E-state index contributed by atoms with van der Waals surface area (Å²) in [7, 11) is 1.72. The van der Waals surface area contributed by atoms with Crippen molar-refractivity contribution in [1.29, 1.82) is 0 Å². The maximum Gasteiger partial charge on any atom is 0.119 e. The summed E-state index contributed by atoms with van der Waals surface area (Å²) in [5, 5.41) is 3.40. The molecule has 0 heterocycles. The molecule has 92 valence electrons. The Balaban J connectivity index is 2.28. The molecule has 0 spiro atoms. The van der Waals surface area contributed by atoms with Gasteiger partial charge in [0.25, 0.3) is 0 Å². The molecule has 0 fully saturated rings. The molecule has 2 heteroatoms. The molecule has 1 N–H and O–H groups in total. The normalized spacial score (nSPS) is 14.8. The molecule has 1 aromatic rings. The first-order valence-corrected chi connectivity index (χ1v) is 6.42. The molecule has 0 aromatic heterocycles. The van der Waals surface area contributed by atoms with Crippen molar-refractivity contribution in [3.8, 4) is 5.75 Å². The molecule has 17 heavy (non-hydrogen) atoms. The van der Waals surface area contributed by atoms with Gasteiger partial charge in [0.1, 0.15) is 5.75 Å². The lowest BCUT2D eigenvalue weighted by Gasteiger charge is -2.13. The van der Waals surface area contributed by atoms with Gasteiger partial charge in [0.15, 0.2) is 0 Å². The fraction of sp³-hybridized carbons (Fsp3) is 0.467. The minimum atomic E-state index is 0.917. The third-order valence-corrected chi connectivity index (χ3v) is 3.26. The summed E-state index contributed by atoms with van der Waals surface area (Å²) in [5.41, 5.74) is 4.24. The van der Waals surface area contributed by atoms with Crippen molar-refractivity contribution in [2.24, 2.45) is 0 Å². The molecule has 0 saturated heterocycles. The number of hydrogen-bond donors (Lipinski definition) is 1. The summed E-state index contributed by atoms with van der Waals surface area (Å²) < 4.78 is 5.31. The van der Waals surface area contributed by atoms with Gasteiger partial charge in [-0.05, 0) is 54.6 Å². The fourth-order valence-electron chi connectivity index (χ4n) is 2.33. The van der Waals surface area contributed by atoms with E-state index in [2.05, 4.69) is 36.5 Å². The van der Waals surface area contributed by atoms with Crippen molar-refractivity contribution in [1.82, 2.24) is 5.32 Å². The van der Waals surface area contributed by atoms with Gasteiger partial charge < -0.3 is 10.1 Å². The van der Waals surface area contributed by atoms with Crippen LogP contribution in [0.15, 0.2) is 24.3 Å². The van der Waals surface area contributed by atoms with Crippen LogP contribution in [0.3, 0.4) is 0 Å². The van der Waals surface area contributed by atoms with Crippen LogP contribution in [-0.4, -0.2) is 13.7 Å². The van der Waals surface area contributed by atoms with Crippen LogP contribution in [0.5, 0.6) is 5.75 Å². The molecule has 1 aliphatic carbocycles. The first kappa shape index (κ1) is 12.2. The van der Waals surface area contributed by atoms with Gasteiger partial charge in [-0.15, -0.1) is 0 Å². The van der Waals surface area contributed by atoms with E-state index in [-0.39, 0.29) is 0 Å². The zero-order valence-corrected chi connectivity index (χ0v) is 10.8. The van der Waals surface area contributed by atoms with Gasteiger partial charge in [-0.1, -0.05) is 19.1 Å². The first-order valence-electron chi connectivity index (χ1n) is 6.42. The van der Waals surface area contributed by atoms with Crippen LogP contribution in [-0.2, 0) is 6.54 Å². The van der Waals surface area contributed by atoms with Gasteiger partial charge >= 0.3 is 0 Å². The fourth-order valence-corrected chi connectivity index (χ4v) is 2.33. The smallest absolute Gasteiger partial charge is 0.119 e. The molecular weight excluding hydrogens is 210 g/mol. The first-order chi connectivity index (χ1) is 8.35. The number of rotatable bonds is 5. The number of allylic oxidation sites excluding steroid dienone is 2. The van der Waals surface area contributed by atoms with E-state index in [0.29, 0.717) is 0 Å². The van der Waals surface area contributed by atoms with Crippen molar-refractivity contribution < 1.29 is 4.74 Å². The number of benzene rings is 1.